The molecule has 2 N–H and O–H groups in total. The minimum absolute atomic E-state index is 0.174. The lowest BCUT2D eigenvalue weighted by Crippen LogP contribution is -2.48. The van der Waals surface area contributed by atoms with Crippen molar-refractivity contribution in [2.24, 2.45) is 5.73 Å². The van der Waals surface area contributed by atoms with Gasteiger partial charge in [-0.05, 0) is 50.9 Å². The van der Waals surface area contributed by atoms with E-state index in [2.05, 4.69) is 57.9 Å². The molecule has 1 aliphatic rings. The number of likely N-dealkylation sites (tertiary alicyclic amines) is 1. The highest BCUT2D eigenvalue weighted by Gasteiger charge is 2.33. The Morgan fingerprint density at radius 2 is 2.14 bits per heavy atom. The van der Waals surface area contributed by atoms with Crippen LogP contribution in [0.1, 0.15) is 38.3 Å². The van der Waals surface area contributed by atoms with Gasteiger partial charge in [0.25, 0.3) is 0 Å². The van der Waals surface area contributed by atoms with E-state index < -0.39 is 0 Å². The standard InChI is InChI=1S/C17H22BrN3/c1-11(2)21-10-4-6-15(19)17(21)13-7-8-14(18)12-5-3-9-20-16(12)13/h3,5,7-9,11,15,17H,4,6,10,19H2,1-2H3. The molecule has 4 heteroatoms. The maximum absolute atomic E-state index is 6.49. The summed E-state index contributed by atoms with van der Waals surface area (Å²) in [6, 6.07) is 9.33. The SMILES string of the molecule is CC(C)N1CCCC(N)C1c1ccc(Br)c2cccnc12. The number of fused-ring (bicyclic) bond motifs is 1. The number of aromatic nitrogens is 1. The fourth-order valence-corrected chi connectivity index (χ4v) is 3.89. The summed E-state index contributed by atoms with van der Waals surface area (Å²) in [6.45, 7) is 5.61. The van der Waals surface area contributed by atoms with Crippen LogP contribution in [0.15, 0.2) is 34.9 Å². The zero-order valence-corrected chi connectivity index (χ0v) is 14.2. The van der Waals surface area contributed by atoms with Crippen LogP contribution in [-0.2, 0) is 0 Å². The highest BCUT2D eigenvalue weighted by atomic mass is 79.9. The van der Waals surface area contributed by atoms with Crippen LogP contribution in [0.3, 0.4) is 0 Å². The molecule has 0 amide bonds. The van der Waals surface area contributed by atoms with Crippen molar-refractivity contribution in [3.8, 4) is 0 Å². The summed E-state index contributed by atoms with van der Waals surface area (Å²) in [5.41, 5.74) is 8.82. The Morgan fingerprint density at radius 1 is 1.33 bits per heavy atom. The van der Waals surface area contributed by atoms with Crippen molar-refractivity contribution < 1.29 is 0 Å². The predicted octanol–water partition coefficient (Wildman–Crippen LogP) is 3.87. The maximum atomic E-state index is 6.49. The minimum atomic E-state index is 0.174. The Hall–Kier alpha value is -0.970. The normalized spacial score (nSPS) is 23.9. The zero-order valence-electron chi connectivity index (χ0n) is 12.6. The summed E-state index contributed by atoms with van der Waals surface area (Å²) >= 11 is 3.63. The van der Waals surface area contributed by atoms with Crippen molar-refractivity contribution >= 4 is 26.8 Å². The molecule has 2 atom stereocenters. The molecule has 0 saturated carbocycles. The van der Waals surface area contributed by atoms with E-state index in [1.807, 2.05) is 12.3 Å². The molecule has 3 rings (SSSR count). The Morgan fingerprint density at radius 3 is 2.90 bits per heavy atom. The van der Waals surface area contributed by atoms with Crippen molar-refractivity contribution in [2.45, 2.75) is 44.8 Å². The largest absolute Gasteiger partial charge is 0.326 e. The Balaban J connectivity index is 2.15. The fraction of sp³-hybridized carbons (Fsp3) is 0.471. The van der Waals surface area contributed by atoms with Gasteiger partial charge in [-0.25, -0.2) is 0 Å². The van der Waals surface area contributed by atoms with Crippen LogP contribution in [0, 0.1) is 0 Å². The summed E-state index contributed by atoms with van der Waals surface area (Å²) in [6.07, 6.45) is 4.13. The molecule has 1 aromatic heterocycles. The number of pyridine rings is 1. The van der Waals surface area contributed by atoms with E-state index in [1.54, 1.807) is 0 Å². The second-order valence-corrected chi connectivity index (χ2v) is 6.97. The van der Waals surface area contributed by atoms with Gasteiger partial charge in [0.05, 0.1) is 11.6 Å². The third-order valence-corrected chi connectivity index (χ3v) is 5.14. The van der Waals surface area contributed by atoms with E-state index in [0.29, 0.717) is 6.04 Å². The average molecular weight is 348 g/mol. The fourth-order valence-electron chi connectivity index (χ4n) is 3.44. The van der Waals surface area contributed by atoms with Crippen LogP contribution in [0.4, 0.5) is 0 Å². The van der Waals surface area contributed by atoms with Crippen LogP contribution in [0.25, 0.3) is 10.9 Å². The number of hydrogen-bond donors (Lipinski definition) is 1. The van der Waals surface area contributed by atoms with Crippen LogP contribution >= 0.6 is 15.9 Å². The van der Waals surface area contributed by atoms with Crippen molar-refractivity contribution in [1.29, 1.82) is 0 Å². The molecule has 2 aromatic rings. The molecule has 0 spiro atoms. The first-order valence-electron chi connectivity index (χ1n) is 7.64. The summed E-state index contributed by atoms with van der Waals surface area (Å²) in [4.78, 5) is 7.15. The lowest BCUT2D eigenvalue weighted by atomic mass is 9.88. The number of nitrogens with zero attached hydrogens (tertiary/aromatic N) is 2. The van der Waals surface area contributed by atoms with Gasteiger partial charge in [0.15, 0.2) is 0 Å². The third-order valence-electron chi connectivity index (χ3n) is 4.45. The first-order valence-corrected chi connectivity index (χ1v) is 8.43. The van der Waals surface area contributed by atoms with Gasteiger partial charge >= 0.3 is 0 Å². The van der Waals surface area contributed by atoms with Crippen LogP contribution in [0.2, 0.25) is 0 Å². The summed E-state index contributed by atoms with van der Waals surface area (Å²) in [5.74, 6) is 0. The lowest BCUT2D eigenvalue weighted by molar-refractivity contribution is 0.0955. The Bertz CT molecular complexity index is 641. The lowest BCUT2D eigenvalue weighted by Gasteiger charge is -2.42. The molecule has 0 radical (unpaired) electrons. The molecular formula is C17H22BrN3. The first-order chi connectivity index (χ1) is 10.1. The van der Waals surface area contributed by atoms with Gasteiger partial charge in [-0.1, -0.05) is 28.1 Å². The van der Waals surface area contributed by atoms with E-state index in [1.165, 1.54) is 12.0 Å². The van der Waals surface area contributed by atoms with Gasteiger partial charge in [-0.2, -0.15) is 0 Å². The van der Waals surface area contributed by atoms with Crippen molar-refractivity contribution in [2.75, 3.05) is 6.54 Å². The topological polar surface area (TPSA) is 42.1 Å². The number of rotatable bonds is 2. The van der Waals surface area contributed by atoms with E-state index in [-0.39, 0.29) is 12.1 Å². The molecule has 112 valence electrons. The molecule has 0 aliphatic carbocycles. The molecule has 2 unspecified atom stereocenters. The molecule has 1 aliphatic heterocycles. The number of halogens is 1. The number of nitrogens with two attached hydrogens (primary N) is 1. The van der Waals surface area contributed by atoms with Crippen molar-refractivity contribution in [3.05, 3.63) is 40.5 Å². The quantitative estimate of drug-likeness (QED) is 0.896. The second kappa shape index (κ2) is 6.03. The third kappa shape index (κ3) is 2.72. The molecule has 2 heterocycles. The number of benzene rings is 1. The van der Waals surface area contributed by atoms with Gasteiger partial charge in [0.1, 0.15) is 0 Å². The number of piperidine rings is 1. The maximum Gasteiger partial charge on any atom is 0.0761 e. The van der Waals surface area contributed by atoms with E-state index >= 15 is 0 Å². The van der Waals surface area contributed by atoms with E-state index in [0.717, 1.165) is 28.3 Å². The predicted molar refractivity (Wildman–Crippen MR) is 91.2 cm³/mol. The molecule has 0 bridgehead atoms. The summed E-state index contributed by atoms with van der Waals surface area (Å²) in [7, 11) is 0. The minimum Gasteiger partial charge on any atom is -0.326 e. The molecular weight excluding hydrogens is 326 g/mol. The Labute approximate surface area is 134 Å². The number of hydrogen-bond acceptors (Lipinski definition) is 3. The first kappa shape index (κ1) is 14.9. The highest BCUT2D eigenvalue weighted by molar-refractivity contribution is 9.10. The molecule has 1 saturated heterocycles. The summed E-state index contributed by atoms with van der Waals surface area (Å²) < 4.78 is 1.09. The second-order valence-electron chi connectivity index (χ2n) is 6.12. The molecule has 1 fully saturated rings. The van der Waals surface area contributed by atoms with Crippen LogP contribution in [0.5, 0.6) is 0 Å². The summed E-state index contributed by atoms with van der Waals surface area (Å²) in [5, 5.41) is 1.16. The molecule has 3 nitrogen and oxygen atoms in total. The smallest absolute Gasteiger partial charge is 0.0761 e. The van der Waals surface area contributed by atoms with Gasteiger partial charge in [0, 0.05) is 28.1 Å². The van der Waals surface area contributed by atoms with Gasteiger partial charge < -0.3 is 5.73 Å². The monoisotopic (exact) mass is 347 g/mol. The Kier molecular flexibility index (Phi) is 4.29. The molecule has 1 aromatic carbocycles. The van der Waals surface area contributed by atoms with Gasteiger partial charge in [0.2, 0.25) is 0 Å². The van der Waals surface area contributed by atoms with E-state index in [4.69, 9.17) is 5.73 Å². The van der Waals surface area contributed by atoms with Crippen molar-refractivity contribution in [3.63, 3.8) is 0 Å². The average Bonchev–Trinajstić information content (AvgIpc) is 2.48. The van der Waals surface area contributed by atoms with Gasteiger partial charge in [-0.15, -0.1) is 0 Å². The van der Waals surface area contributed by atoms with Crippen LogP contribution in [-0.4, -0.2) is 28.5 Å². The van der Waals surface area contributed by atoms with Crippen molar-refractivity contribution in [1.82, 2.24) is 9.88 Å². The highest BCUT2D eigenvalue weighted by Crippen LogP contribution is 2.36. The van der Waals surface area contributed by atoms with Crippen LogP contribution < -0.4 is 5.73 Å². The zero-order chi connectivity index (χ0) is 15.0. The molecule has 21 heavy (non-hydrogen) atoms. The van der Waals surface area contributed by atoms with E-state index in [9.17, 15) is 0 Å². The van der Waals surface area contributed by atoms with Gasteiger partial charge in [-0.3, -0.25) is 9.88 Å².